The van der Waals surface area contributed by atoms with Crippen LogP contribution in [0.2, 0.25) is 0 Å². The molecule has 1 N–H and O–H groups in total. The molecule has 1 aliphatic heterocycles. The van der Waals surface area contributed by atoms with Gasteiger partial charge in [0.15, 0.2) is 0 Å². The Morgan fingerprint density at radius 2 is 1.89 bits per heavy atom. The zero-order valence-corrected chi connectivity index (χ0v) is 12.0. The van der Waals surface area contributed by atoms with Gasteiger partial charge in [0.1, 0.15) is 0 Å². The summed E-state index contributed by atoms with van der Waals surface area (Å²) in [7, 11) is 0. The Labute approximate surface area is 112 Å². The molecular weight excluding hydrogens is 226 g/mol. The zero-order chi connectivity index (χ0) is 12.8. The van der Waals surface area contributed by atoms with Crippen molar-refractivity contribution < 1.29 is 9.47 Å². The predicted octanol–water partition coefficient (Wildman–Crippen LogP) is 2.60. The minimum absolute atomic E-state index is 0.442. The lowest BCUT2D eigenvalue weighted by Crippen LogP contribution is -2.44. The minimum atomic E-state index is 0.442. The molecule has 1 aliphatic carbocycles. The van der Waals surface area contributed by atoms with Crippen LogP contribution in [-0.2, 0) is 9.47 Å². The molecule has 2 unspecified atom stereocenters. The van der Waals surface area contributed by atoms with Gasteiger partial charge < -0.3 is 14.8 Å². The van der Waals surface area contributed by atoms with Crippen LogP contribution < -0.4 is 5.32 Å². The first-order chi connectivity index (χ1) is 8.85. The van der Waals surface area contributed by atoms with Gasteiger partial charge in [0, 0.05) is 25.9 Å². The van der Waals surface area contributed by atoms with Crippen molar-refractivity contribution in [3.05, 3.63) is 0 Å². The molecule has 2 rings (SSSR count). The molecule has 1 saturated carbocycles. The number of hydrogen-bond donors (Lipinski definition) is 1. The maximum absolute atomic E-state index is 6.03. The van der Waals surface area contributed by atoms with Crippen LogP contribution in [0.1, 0.15) is 46.0 Å². The van der Waals surface area contributed by atoms with Crippen molar-refractivity contribution in [2.45, 2.75) is 58.1 Å². The molecule has 0 aromatic carbocycles. The first-order valence-corrected chi connectivity index (χ1v) is 7.77. The van der Waals surface area contributed by atoms with E-state index in [0.29, 0.717) is 12.1 Å². The molecule has 0 amide bonds. The molecule has 0 spiro atoms. The highest BCUT2D eigenvalue weighted by atomic mass is 16.5. The lowest BCUT2D eigenvalue weighted by atomic mass is 9.89. The van der Waals surface area contributed by atoms with E-state index in [-0.39, 0.29) is 0 Å². The van der Waals surface area contributed by atoms with Crippen molar-refractivity contribution in [3.8, 4) is 0 Å². The first kappa shape index (κ1) is 14.3. The average Bonchev–Trinajstić information content (AvgIpc) is 3.21. The molecular formula is C15H29NO2. The van der Waals surface area contributed by atoms with Gasteiger partial charge >= 0.3 is 0 Å². The second-order valence-electron chi connectivity index (χ2n) is 5.71. The normalized spacial score (nSPS) is 25.0. The highest BCUT2D eigenvalue weighted by molar-refractivity contribution is 4.91. The van der Waals surface area contributed by atoms with Crippen LogP contribution in [0.3, 0.4) is 0 Å². The third-order valence-corrected chi connectivity index (χ3v) is 4.24. The molecule has 0 aromatic rings. The summed E-state index contributed by atoms with van der Waals surface area (Å²) in [5.41, 5.74) is 0. The van der Waals surface area contributed by atoms with Crippen molar-refractivity contribution in [2.75, 3.05) is 26.4 Å². The minimum Gasteiger partial charge on any atom is -0.381 e. The molecule has 0 bridgehead atoms. The van der Waals surface area contributed by atoms with Crippen LogP contribution in [0.15, 0.2) is 0 Å². The highest BCUT2D eigenvalue weighted by Crippen LogP contribution is 2.37. The van der Waals surface area contributed by atoms with Crippen LogP contribution >= 0.6 is 0 Å². The van der Waals surface area contributed by atoms with Crippen molar-refractivity contribution >= 4 is 0 Å². The fourth-order valence-electron chi connectivity index (χ4n) is 3.13. The fraction of sp³-hybridized carbons (Fsp3) is 1.00. The first-order valence-electron chi connectivity index (χ1n) is 7.77. The zero-order valence-electron chi connectivity index (χ0n) is 12.0. The maximum Gasteiger partial charge on any atom is 0.0756 e. The van der Waals surface area contributed by atoms with Crippen molar-refractivity contribution in [1.82, 2.24) is 5.32 Å². The maximum atomic E-state index is 6.03. The SMILES string of the molecule is CCNC(CC1CCOCC1)C(OCC)C1CC1. The molecule has 0 aromatic heterocycles. The second-order valence-corrected chi connectivity index (χ2v) is 5.71. The van der Waals surface area contributed by atoms with E-state index in [0.717, 1.165) is 38.2 Å². The smallest absolute Gasteiger partial charge is 0.0756 e. The van der Waals surface area contributed by atoms with Crippen LogP contribution in [0.25, 0.3) is 0 Å². The third kappa shape index (κ3) is 4.22. The van der Waals surface area contributed by atoms with E-state index in [9.17, 15) is 0 Å². The Hall–Kier alpha value is -0.120. The van der Waals surface area contributed by atoms with Crippen LogP contribution in [0, 0.1) is 11.8 Å². The van der Waals surface area contributed by atoms with E-state index < -0.39 is 0 Å². The van der Waals surface area contributed by atoms with Gasteiger partial charge in [-0.15, -0.1) is 0 Å². The number of rotatable bonds is 8. The Balaban J connectivity index is 1.87. The lowest BCUT2D eigenvalue weighted by Gasteiger charge is -2.32. The standard InChI is InChI=1S/C15H29NO2/c1-3-16-14(11-12-7-9-17-10-8-12)15(18-4-2)13-5-6-13/h12-16H,3-11H2,1-2H3. The van der Waals surface area contributed by atoms with E-state index in [1.807, 2.05) is 0 Å². The Morgan fingerprint density at radius 3 is 2.44 bits per heavy atom. The molecule has 3 heteroatoms. The van der Waals surface area contributed by atoms with Crippen molar-refractivity contribution in [1.29, 1.82) is 0 Å². The van der Waals surface area contributed by atoms with E-state index >= 15 is 0 Å². The topological polar surface area (TPSA) is 30.5 Å². The van der Waals surface area contributed by atoms with Crippen molar-refractivity contribution in [2.24, 2.45) is 11.8 Å². The van der Waals surface area contributed by atoms with Gasteiger partial charge in [0.25, 0.3) is 0 Å². The summed E-state index contributed by atoms with van der Waals surface area (Å²) in [6, 6.07) is 0.547. The Kier molecular flexibility index (Phi) is 5.93. The lowest BCUT2D eigenvalue weighted by molar-refractivity contribution is 0.00278. The van der Waals surface area contributed by atoms with Gasteiger partial charge in [-0.25, -0.2) is 0 Å². The molecule has 2 atom stereocenters. The van der Waals surface area contributed by atoms with E-state index in [2.05, 4.69) is 19.2 Å². The van der Waals surface area contributed by atoms with E-state index in [1.54, 1.807) is 0 Å². The fourth-order valence-corrected chi connectivity index (χ4v) is 3.13. The number of likely N-dealkylation sites (N-methyl/N-ethyl adjacent to an activating group) is 1. The van der Waals surface area contributed by atoms with Gasteiger partial charge in [0.05, 0.1) is 6.10 Å². The molecule has 3 nitrogen and oxygen atoms in total. The van der Waals surface area contributed by atoms with Gasteiger partial charge in [0.2, 0.25) is 0 Å². The number of ether oxygens (including phenoxy) is 2. The molecule has 1 heterocycles. The summed E-state index contributed by atoms with van der Waals surface area (Å²) in [6.45, 7) is 8.11. The third-order valence-electron chi connectivity index (χ3n) is 4.24. The Morgan fingerprint density at radius 1 is 1.17 bits per heavy atom. The number of hydrogen-bond acceptors (Lipinski definition) is 3. The van der Waals surface area contributed by atoms with E-state index in [1.165, 1.54) is 32.1 Å². The predicted molar refractivity (Wildman–Crippen MR) is 73.8 cm³/mol. The monoisotopic (exact) mass is 255 g/mol. The second kappa shape index (κ2) is 7.46. The quantitative estimate of drug-likeness (QED) is 0.723. The van der Waals surface area contributed by atoms with Gasteiger partial charge in [-0.1, -0.05) is 6.92 Å². The van der Waals surface area contributed by atoms with Crippen molar-refractivity contribution in [3.63, 3.8) is 0 Å². The van der Waals surface area contributed by atoms with E-state index in [4.69, 9.17) is 9.47 Å². The molecule has 2 fully saturated rings. The molecule has 106 valence electrons. The summed E-state index contributed by atoms with van der Waals surface area (Å²) >= 11 is 0. The highest BCUT2D eigenvalue weighted by Gasteiger charge is 2.37. The molecule has 18 heavy (non-hydrogen) atoms. The average molecular weight is 255 g/mol. The summed E-state index contributed by atoms with van der Waals surface area (Å²) in [5, 5.41) is 3.67. The van der Waals surface area contributed by atoms with Gasteiger partial charge in [-0.3, -0.25) is 0 Å². The van der Waals surface area contributed by atoms with Gasteiger partial charge in [-0.2, -0.15) is 0 Å². The van der Waals surface area contributed by atoms with Crippen LogP contribution in [0.4, 0.5) is 0 Å². The van der Waals surface area contributed by atoms with Crippen LogP contribution in [-0.4, -0.2) is 38.5 Å². The molecule has 1 saturated heterocycles. The van der Waals surface area contributed by atoms with Crippen LogP contribution in [0.5, 0.6) is 0 Å². The Bertz CT molecular complexity index is 225. The van der Waals surface area contributed by atoms with Gasteiger partial charge in [-0.05, 0) is 57.4 Å². The summed E-state index contributed by atoms with van der Waals surface area (Å²) in [5.74, 6) is 1.64. The number of nitrogens with one attached hydrogen (secondary N) is 1. The largest absolute Gasteiger partial charge is 0.381 e. The summed E-state index contributed by atoms with van der Waals surface area (Å²) < 4.78 is 11.5. The summed E-state index contributed by atoms with van der Waals surface area (Å²) in [6.07, 6.45) is 6.88. The molecule has 2 aliphatic rings. The molecule has 0 radical (unpaired) electrons. The summed E-state index contributed by atoms with van der Waals surface area (Å²) in [4.78, 5) is 0.